The molecule has 0 aliphatic rings. The molecule has 76 valence electrons. The van der Waals surface area contributed by atoms with E-state index >= 15 is 0 Å². The summed E-state index contributed by atoms with van der Waals surface area (Å²) in [6.45, 7) is 0.728. The number of hydrogen-bond acceptors (Lipinski definition) is 3. The van der Waals surface area contributed by atoms with Crippen LogP contribution >= 0.6 is 0 Å². The Hall–Kier alpha value is -1.39. The van der Waals surface area contributed by atoms with Crippen LogP contribution in [0.5, 0.6) is 0 Å². The Labute approximate surface area is 83.0 Å². The van der Waals surface area contributed by atoms with E-state index in [1.165, 1.54) is 0 Å². The van der Waals surface area contributed by atoms with Crippen LogP contribution in [0.15, 0.2) is 30.3 Å². The van der Waals surface area contributed by atoms with Gasteiger partial charge in [-0.15, -0.1) is 0 Å². The fourth-order valence-corrected chi connectivity index (χ4v) is 1.01. The van der Waals surface area contributed by atoms with Crippen molar-refractivity contribution in [2.75, 3.05) is 13.2 Å². The molecule has 0 aliphatic heterocycles. The zero-order valence-corrected chi connectivity index (χ0v) is 7.90. The van der Waals surface area contributed by atoms with Crippen molar-refractivity contribution in [2.24, 2.45) is 5.73 Å². The lowest BCUT2D eigenvalue weighted by Gasteiger charge is -2.04. The van der Waals surface area contributed by atoms with Gasteiger partial charge in [0.15, 0.2) is 0 Å². The Morgan fingerprint density at radius 3 is 2.71 bits per heavy atom. The molecule has 0 fully saturated rings. The number of nitrogens with one attached hydrogen (secondary N) is 1. The van der Waals surface area contributed by atoms with Crippen molar-refractivity contribution in [1.82, 2.24) is 5.48 Å². The second kappa shape index (κ2) is 6.12. The van der Waals surface area contributed by atoms with Crippen molar-refractivity contribution in [3.8, 4) is 0 Å². The molecule has 0 heterocycles. The molecule has 0 spiro atoms. The molecule has 4 nitrogen and oxygen atoms in total. The number of benzene rings is 1. The van der Waals surface area contributed by atoms with Gasteiger partial charge in [-0.25, -0.2) is 5.48 Å². The van der Waals surface area contributed by atoms with Crippen molar-refractivity contribution in [1.29, 1.82) is 0 Å². The number of carbonyl (C=O) groups is 1. The monoisotopic (exact) mass is 194 g/mol. The topological polar surface area (TPSA) is 64.3 Å². The number of amides is 1. The normalized spacial score (nSPS) is 9.79. The van der Waals surface area contributed by atoms with E-state index in [0.29, 0.717) is 19.6 Å². The summed E-state index contributed by atoms with van der Waals surface area (Å²) in [5.74, 6) is -0.162. The lowest BCUT2D eigenvalue weighted by Crippen LogP contribution is -2.27. The van der Waals surface area contributed by atoms with E-state index in [9.17, 15) is 4.79 Å². The fraction of sp³-hybridized carbons (Fsp3) is 0.300. The first-order valence-corrected chi connectivity index (χ1v) is 4.47. The minimum atomic E-state index is -0.162. The van der Waals surface area contributed by atoms with Crippen molar-refractivity contribution in [3.05, 3.63) is 35.9 Å². The van der Waals surface area contributed by atoms with Crippen LogP contribution < -0.4 is 11.2 Å². The van der Waals surface area contributed by atoms with Crippen LogP contribution in [0.4, 0.5) is 0 Å². The number of rotatable bonds is 5. The largest absolute Gasteiger partial charge is 0.328 e. The van der Waals surface area contributed by atoms with Gasteiger partial charge in [-0.1, -0.05) is 30.3 Å². The van der Waals surface area contributed by atoms with Crippen LogP contribution in [0, 0.1) is 0 Å². The Balaban J connectivity index is 2.27. The predicted octanol–water partition coefficient (Wildman–Crippen LogP) is 0.236. The molecular formula is C10H14N2O2. The molecule has 1 rings (SSSR count). The highest BCUT2D eigenvalue weighted by molar-refractivity contribution is 5.77. The smallest absolute Gasteiger partial charge is 0.247 e. The molecule has 0 saturated heterocycles. The summed E-state index contributed by atoms with van der Waals surface area (Å²) < 4.78 is 0. The second-order valence-corrected chi connectivity index (χ2v) is 2.82. The molecule has 0 aromatic heterocycles. The summed E-state index contributed by atoms with van der Waals surface area (Å²) in [5.41, 5.74) is 8.46. The minimum Gasteiger partial charge on any atom is -0.328 e. The highest BCUT2D eigenvalue weighted by Gasteiger charge is 2.01. The van der Waals surface area contributed by atoms with E-state index < -0.39 is 0 Å². The maximum atomic E-state index is 11.2. The maximum absolute atomic E-state index is 11.2. The van der Waals surface area contributed by atoms with Gasteiger partial charge in [-0.3, -0.25) is 9.63 Å². The quantitative estimate of drug-likeness (QED) is 0.521. The standard InChI is InChI=1S/C10H14N2O2/c11-6-7-14-12-10(13)8-9-4-2-1-3-5-9/h1-5H,6-8,11H2,(H,12,13). The third-order valence-electron chi connectivity index (χ3n) is 1.61. The first kappa shape index (κ1) is 10.7. The van der Waals surface area contributed by atoms with Gasteiger partial charge in [0.2, 0.25) is 5.91 Å². The minimum absolute atomic E-state index is 0.162. The van der Waals surface area contributed by atoms with E-state index in [-0.39, 0.29) is 5.91 Å². The summed E-state index contributed by atoms with van der Waals surface area (Å²) in [6.07, 6.45) is 0.325. The molecule has 4 heteroatoms. The fourth-order valence-electron chi connectivity index (χ4n) is 1.01. The molecule has 0 atom stereocenters. The number of nitrogens with two attached hydrogens (primary N) is 1. The van der Waals surface area contributed by atoms with E-state index in [1.807, 2.05) is 30.3 Å². The van der Waals surface area contributed by atoms with Crippen LogP contribution in [0.2, 0.25) is 0 Å². The summed E-state index contributed by atoms with van der Waals surface area (Å²) >= 11 is 0. The van der Waals surface area contributed by atoms with Gasteiger partial charge in [0.05, 0.1) is 13.0 Å². The van der Waals surface area contributed by atoms with Gasteiger partial charge < -0.3 is 5.73 Å². The highest BCUT2D eigenvalue weighted by Crippen LogP contribution is 1.98. The van der Waals surface area contributed by atoms with Crippen molar-refractivity contribution >= 4 is 5.91 Å². The molecule has 1 amide bonds. The number of hydroxylamine groups is 1. The van der Waals surface area contributed by atoms with Gasteiger partial charge >= 0.3 is 0 Å². The van der Waals surface area contributed by atoms with Crippen LogP contribution in [0.25, 0.3) is 0 Å². The highest BCUT2D eigenvalue weighted by atomic mass is 16.6. The molecule has 0 aliphatic carbocycles. The van der Waals surface area contributed by atoms with Crippen LogP contribution in [0.3, 0.4) is 0 Å². The number of hydrogen-bond donors (Lipinski definition) is 2. The average Bonchev–Trinajstić information content (AvgIpc) is 2.20. The zero-order chi connectivity index (χ0) is 10.2. The van der Waals surface area contributed by atoms with Gasteiger partial charge in [0.1, 0.15) is 0 Å². The van der Waals surface area contributed by atoms with Crippen molar-refractivity contribution in [2.45, 2.75) is 6.42 Å². The third-order valence-corrected chi connectivity index (χ3v) is 1.61. The summed E-state index contributed by atoms with van der Waals surface area (Å²) in [4.78, 5) is 16.0. The molecule has 0 saturated carbocycles. The maximum Gasteiger partial charge on any atom is 0.247 e. The third kappa shape index (κ3) is 4.02. The Morgan fingerprint density at radius 1 is 1.36 bits per heavy atom. The van der Waals surface area contributed by atoms with Crippen LogP contribution in [-0.4, -0.2) is 19.1 Å². The van der Waals surface area contributed by atoms with Crippen molar-refractivity contribution in [3.63, 3.8) is 0 Å². The van der Waals surface area contributed by atoms with Gasteiger partial charge in [0.25, 0.3) is 0 Å². The van der Waals surface area contributed by atoms with Gasteiger partial charge in [-0.05, 0) is 5.56 Å². The summed E-state index contributed by atoms with van der Waals surface area (Å²) in [5, 5.41) is 0. The molecule has 0 radical (unpaired) electrons. The molecule has 1 aromatic carbocycles. The molecule has 14 heavy (non-hydrogen) atoms. The predicted molar refractivity (Wildman–Crippen MR) is 53.3 cm³/mol. The molecule has 0 bridgehead atoms. The van der Waals surface area contributed by atoms with Gasteiger partial charge in [-0.2, -0.15) is 0 Å². The van der Waals surface area contributed by atoms with Gasteiger partial charge in [0, 0.05) is 6.54 Å². The lowest BCUT2D eigenvalue weighted by atomic mass is 10.1. The Kier molecular flexibility index (Phi) is 4.68. The lowest BCUT2D eigenvalue weighted by molar-refractivity contribution is -0.132. The number of carbonyl (C=O) groups excluding carboxylic acids is 1. The zero-order valence-electron chi connectivity index (χ0n) is 7.90. The van der Waals surface area contributed by atoms with E-state index in [0.717, 1.165) is 5.56 Å². The SMILES string of the molecule is NCCONC(=O)Cc1ccccc1. The first-order chi connectivity index (χ1) is 6.83. The molecule has 3 N–H and O–H groups in total. The Morgan fingerprint density at radius 2 is 2.07 bits per heavy atom. The first-order valence-electron chi connectivity index (χ1n) is 4.47. The van der Waals surface area contributed by atoms with Crippen molar-refractivity contribution < 1.29 is 9.63 Å². The van der Waals surface area contributed by atoms with E-state index in [1.54, 1.807) is 0 Å². The second-order valence-electron chi connectivity index (χ2n) is 2.82. The molecule has 0 unspecified atom stereocenters. The molecule has 1 aromatic rings. The van der Waals surface area contributed by atoms with Crippen LogP contribution in [0.1, 0.15) is 5.56 Å². The summed E-state index contributed by atoms with van der Waals surface area (Å²) in [7, 11) is 0. The molecular weight excluding hydrogens is 180 g/mol. The van der Waals surface area contributed by atoms with E-state index in [2.05, 4.69) is 5.48 Å². The average molecular weight is 194 g/mol. The van der Waals surface area contributed by atoms with Crippen LogP contribution in [-0.2, 0) is 16.1 Å². The Bertz CT molecular complexity index is 275. The summed E-state index contributed by atoms with van der Waals surface area (Å²) in [6, 6.07) is 9.48. The van der Waals surface area contributed by atoms with E-state index in [4.69, 9.17) is 10.6 Å².